The lowest BCUT2D eigenvalue weighted by Crippen LogP contribution is -2.42. The molecule has 86 valence electrons. The molecule has 1 aromatic heterocycles. The van der Waals surface area contributed by atoms with Crippen LogP contribution in [0, 0.1) is 0 Å². The van der Waals surface area contributed by atoms with Crippen molar-refractivity contribution in [2.45, 2.75) is 37.4 Å². The lowest BCUT2D eigenvalue weighted by Gasteiger charge is -2.20. The van der Waals surface area contributed by atoms with Gasteiger partial charge in [0.25, 0.3) is 5.91 Å². The molecule has 3 unspecified atom stereocenters. The summed E-state index contributed by atoms with van der Waals surface area (Å²) in [7, 11) is 0. The van der Waals surface area contributed by atoms with Crippen molar-refractivity contribution >= 4 is 33.2 Å². The molecular formula is C11H13BrN2OS. The van der Waals surface area contributed by atoms with E-state index in [0.717, 1.165) is 15.1 Å². The van der Waals surface area contributed by atoms with E-state index in [-0.39, 0.29) is 5.91 Å². The van der Waals surface area contributed by atoms with Crippen molar-refractivity contribution in [2.24, 2.45) is 0 Å². The highest BCUT2D eigenvalue weighted by Crippen LogP contribution is 2.29. The monoisotopic (exact) mass is 300 g/mol. The van der Waals surface area contributed by atoms with E-state index in [1.807, 2.05) is 12.1 Å². The fraction of sp³-hybridized carbons (Fsp3) is 0.545. The van der Waals surface area contributed by atoms with Gasteiger partial charge in [-0.25, -0.2) is 0 Å². The molecule has 2 fully saturated rings. The summed E-state index contributed by atoms with van der Waals surface area (Å²) in [6.07, 6.45) is 3.55. The molecule has 0 spiro atoms. The van der Waals surface area contributed by atoms with Crippen LogP contribution in [0.2, 0.25) is 0 Å². The predicted molar refractivity (Wildman–Crippen MR) is 67.8 cm³/mol. The molecule has 2 aliphatic heterocycles. The van der Waals surface area contributed by atoms with Gasteiger partial charge >= 0.3 is 0 Å². The van der Waals surface area contributed by atoms with E-state index >= 15 is 0 Å². The second kappa shape index (κ2) is 4.13. The number of hydrogen-bond acceptors (Lipinski definition) is 3. The second-order valence-electron chi connectivity index (χ2n) is 4.47. The average Bonchev–Trinajstić information content (AvgIpc) is 2.92. The number of fused-ring (bicyclic) bond motifs is 2. The van der Waals surface area contributed by atoms with Crippen LogP contribution in [0.3, 0.4) is 0 Å². The first-order valence-electron chi connectivity index (χ1n) is 5.54. The van der Waals surface area contributed by atoms with Crippen molar-refractivity contribution in [2.75, 3.05) is 0 Å². The van der Waals surface area contributed by atoms with E-state index in [2.05, 4.69) is 26.6 Å². The van der Waals surface area contributed by atoms with E-state index in [4.69, 9.17) is 0 Å². The predicted octanol–water partition coefficient (Wildman–Crippen LogP) is 2.13. The van der Waals surface area contributed by atoms with Gasteiger partial charge in [-0.05, 0) is 47.3 Å². The Morgan fingerprint density at radius 1 is 1.50 bits per heavy atom. The number of amides is 1. The maximum atomic E-state index is 11.9. The highest BCUT2D eigenvalue weighted by atomic mass is 79.9. The first kappa shape index (κ1) is 10.7. The number of carbonyl (C=O) groups excluding carboxylic acids is 1. The average molecular weight is 301 g/mol. The molecule has 3 nitrogen and oxygen atoms in total. The van der Waals surface area contributed by atoms with Crippen LogP contribution in [0.4, 0.5) is 0 Å². The fourth-order valence-electron chi connectivity index (χ4n) is 2.66. The first-order valence-corrected chi connectivity index (χ1v) is 7.15. The Morgan fingerprint density at radius 2 is 2.38 bits per heavy atom. The molecule has 3 rings (SSSR count). The van der Waals surface area contributed by atoms with Crippen molar-refractivity contribution in [1.82, 2.24) is 10.6 Å². The van der Waals surface area contributed by atoms with E-state index in [1.165, 1.54) is 24.2 Å². The van der Waals surface area contributed by atoms with Crippen LogP contribution in [0.15, 0.2) is 15.9 Å². The zero-order valence-corrected chi connectivity index (χ0v) is 11.1. The van der Waals surface area contributed by atoms with Gasteiger partial charge in [-0.15, -0.1) is 11.3 Å². The number of hydrogen-bond donors (Lipinski definition) is 2. The summed E-state index contributed by atoms with van der Waals surface area (Å²) < 4.78 is 1.00. The Labute approximate surface area is 107 Å². The molecule has 16 heavy (non-hydrogen) atoms. The van der Waals surface area contributed by atoms with Crippen molar-refractivity contribution in [3.05, 3.63) is 20.8 Å². The van der Waals surface area contributed by atoms with Gasteiger partial charge in [-0.2, -0.15) is 0 Å². The van der Waals surface area contributed by atoms with Gasteiger partial charge in [0.15, 0.2) is 0 Å². The quantitative estimate of drug-likeness (QED) is 0.878. The molecule has 2 aliphatic rings. The van der Waals surface area contributed by atoms with Crippen LogP contribution in [0.5, 0.6) is 0 Å². The molecule has 3 atom stereocenters. The molecule has 1 amide bonds. The Balaban J connectivity index is 1.65. The lowest BCUT2D eigenvalue weighted by atomic mass is 9.95. The molecule has 2 saturated heterocycles. The van der Waals surface area contributed by atoms with Crippen LogP contribution in [-0.2, 0) is 0 Å². The standard InChI is InChI=1S/C11H13BrN2OS/c12-10-4-3-9(16-10)11(15)14-8-5-6-1-2-7(8)13-6/h3-4,6-8,13H,1-2,5H2,(H,14,15). The minimum absolute atomic E-state index is 0.0649. The lowest BCUT2D eigenvalue weighted by molar-refractivity contribution is 0.0935. The van der Waals surface area contributed by atoms with Crippen LogP contribution < -0.4 is 10.6 Å². The highest BCUT2D eigenvalue weighted by Gasteiger charge is 2.39. The largest absolute Gasteiger partial charge is 0.347 e. The van der Waals surface area contributed by atoms with Crippen LogP contribution in [-0.4, -0.2) is 24.0 Å². The first-order chi connectivity index (χ1) is 7.72. The SMILES string of the molecule is O=C(NC1CC2CCC1N2)c1ccc(Br)s1. The summed E-state index contributed by atoms with van der Waals surface area (Å²) in [6.45, 7) is 0. The number of carbonyl (C=O) groups is 1. The topological polar surface area (TPSA) is 41.1 Å². The van der Waals surface area contributed by atoms with Crippen molar-refractivity contribution in [1.29, 1.82) is 0 Å². The van der Waals surface area contributed by atoms with E-state index in [1.54, 1.807) is 0 Å². The number of halogens is 1. The number of thiophene rings is 1. The zero-order valence-electron chi connectivity index (χ0n) is 8.70. The van der Waals surface area contributed by atoms with E-state index in [0.29, 0.717) is 18.1 Å². The van der Waals surface area contributed by atoms with Gasteiger partial charge in [0.2, 0.25) is 0 Å². The summed E-state index contributed by atoms with van der Waals surface area (Å²) in [4.78, 5) is 12.7. The third-order valence-electron chi connectivity index (χ3n) is 3.41. The van der Waals surface area contributed by atoms with Crippen molar-refractivity contribution in [3.63, 3.8) is 0 Å². The summed E-state index contributed by atoms with van der Waals surface area (Å²) >= 11 is 4.86. The maximum Gasteiger partial charge on any atom is 0.261 e. The summed E-state index contributed by atoms with van der Waals surface area (Å²) in [5.41, 5.74) is 0. The fourth-order valence-corrected chi connectivity index (χ4v) is 3.95. The molecule has 3 heterocycles. The number of nitrogens with one attached hydrogen (secondary N) is 2. The number of rotatable bonds is 2. The molecule has 0 aliphatic carbocycles. The third-order valence-corrected chi connectivity index (χ3v) is 5.04. The van der Waals surface area contributed by atoms with Crippen molar-refractivity contribution < 1.29 is 4.79 Å². The second-order valence-corrected chi connectivity index (χ2v) is 6.93. The Hall–Kier alpha value is -0.390. The molecule has 0 aromatic carbocycles. The van der Waals surface area contributed by atoms with Crippen LogP contribution >= 0.6 is 27.3 Å². The zero-order chi connectivity index (χ0) is 11.1. The third kappa shape index (κ3) is 1.92. The van der Waals surface area contributed by atoms with Gasteiger partial charge in [0.1, 0.15) is 0 Å². The minimum atomic E-state index is 0.0649. The molecule has 0 radical (unpaired) electrons. The van der Waals surface area contributed by atoms with Crippen LogP contribution in [0.1, 0.15) is 28.9 Å². The maximum absolute atomic E-state index is 11.9. The minimum Gasteiger partial charge on any atom is -0.347 e. The van der Waals surface area contributed by atoms with E-state index in [9.17, 15) is 4.79 Å². The van der Waals surface area contributed by atoms with Crippen molar-refractivity contribution in [3.8, 4) is 0 Å². The van der Waals surface area contributed by atoms with Gasteiger partial charge < -0.3 is 10.6 Å². The molecule has 2 bridgehead atoms. The smallest absolute Gasteiger partial charge is 0.261 e. The van der Waals surface area contributed by atoms with E-state index < -0.39 is 0 Å². The molecule has 0 saturated carbocycles. The van der Waals surface area contributed by atoms with Gasteiger partial charge in [0, 0.05) is 18.1 Å². The van der Waals surface area contributed by atoms with Gasteiger partial charge in [-0.3, -0.25) is 4.79 Å². The Kier molecular flexibility index (Phi) is 2.77. The Bertz CT molecular complexity index is 420. The highest BCUT2D eigenvalue weighted by molar-refractivity contribution is 9.11. The van der Waals surface area contributed by atoms with Gasteiger partial charge in [0.05, 0.1) is 8.66 Å². The van der Waals surface area contributed by atoms with Crippen LogP contribution in [0.25, 0.3) is 0 Å². The van der Waals surface area contributed by atoms with Gasteiger partial charge in [-0.1, -0.05) is 0 Å². The normalized spacial score (nSPS) is 31.9. The summed E-state index contributed by atoms with van der Waals surface area (Å²) in [5, 5.41) is 6.65. The molecule has 1 aromatic rings. The molecule has 2 N–H and O–H groups in total. The summed E-state index contributed by atoms with van der Waals surface area (Å²) in [6, 6.07) is 5.23. The molecule has 5 heteroatoms. The Morgan fingerprint density at radius 3 is 2.94 bits per heavy atom. The summed E-state index contributed by atoms with van der Waals surface area (Å²) in [5.74, 6) is 0.0649. The molecular weight excluding hydrogens is 288 g/mol.